The van der Waals surface area contributed by atoms with Gasteiger partial charge in [-0.1, -0.05) is 31.5 Å². The van der Waals surface area contributed by atoms with Crippen LogP contribution in [-0.2, 0) is 13.0 Å². The zero-order valence-corrected chi connectivity index (χ0v) is 10.3. The number of hydrogen-bond donors (Lipinski definition) is 1. The van der Waals surface area contributed by atoms with Gasteiger partial charge < -0.3 is 5.11 Å². The molecule has 0 aliphatic carbocycles. The van der Waals surface area contributed by atoms with Crippen LogP contribution in [0.15, 0.2) is 30.3 Å². The Bertz CT molecular complexity index is 488. The number of rotatable bonds is 4. The number of nitrogens with zero attached hydrogens (tertiary/aromatic N) is 2. The highest BCUT2D eigenvalue weighted by Gasteiger charge is 2.14. The molecule has 0 saturated heterocycles. The van der Waals surface area contributed by atoms with Gasteiger partial charge in [-0.25, -0.2) is 4.68 Å². The fourth-order valence-electron chi connectivity index (χ4n) is 2.09. The van der Waals surface area contributed by atoms with Crippen LogP contribution in [0.1, 0.15) is 30.3 Å². The van der Waals surface area contributed by atoms with Crippen molar-refractivity contribution >= 4 is 0 Å². The Morgan fingerprint density at radius 2 is 1.94 bits per heavy atom. The van der Waals surface area contributed by atoms with E-state index in [2.05, 4.69) is 12.0 Å². The molecule has 3 heteroatoms. The maximum atomic E-state index is 9.43. The summed E-state index contributed by atoms with van der Waals surface area (Å²) in [7, 11) is 0. The van der Waals surface area contributed by atoms with Crippen molar-refractivity contribution in [1.29, 1.82) is 0 Å². The van der Waals surface area contributed by atoms with Crippen molar-refractivity contribution in [3.63, 3.8) is 0 Å². The van der Waals surface area contributed by atoms with Gasteiger partial charge >= 0.3 is 0 Å². The first-order valence-corrected chi connectivity index (χ1v) is 6.01. The number of hydrogen-bond acceptors (Lipinski definition) is 2. The summed E-state index contributed by atoms with van der Waals surface area (Å²) in [6, 6.07) is 10.1. The molecule has 2 rings (SSSR count). The monoisotopic (exact) mass is 230 g/mol. The van der Waals surface area contributed by atoms with Crippen LogP contribution in [-0.4, -0.2) is 14.9 Å². The zero-order chi connectivity index (χ0) is 12.3. The van der Waals surface area contributed by atoms with E-state index in [1.54, 1.807) is 0 Å². The molecule has 0 atom stereocenters. The molecule has 0 unspecified atom stereocenters. The topological polar surface area (TPSA) is 38.1 Å². The van der Waals surface area contributed by atoms with Gasteiger partial charge in [0.1, 0.15) is 0 Å². The van der Waals surface area contributed by atoms with Gasteiger partial charge in [0, 0.05) is 5.56 Å². The molecule has 0 bridgehead atoms. The van der Waals surface area contributed by atoms with Gasteiger partial charge in [0.15, 0.2) is 0 Å². The highest BCUT2D eigenvalue weighted by atomic mass is 16.3. The highest BCUT2D eigenvalue weighted by molar-refractivity contribution is 5.37. The van der Waals surface area contributed by atoms with Crippen molar-refractivity contribution in [2.45, 2.75) is 33.3 Å². The van der Waals surface area contributed by atoms with Crippen molar-refractivity contribution in [3.8, 4) is 5.69 Å². The maximum Gasteiger partial charge on any atom is 0.0718 e. The quantitative estimate of drug-likeness (QED) is 0.876. The van der Waals surface area contributed by atoms with E-state index in [-0.39, 0.29) is 6.61 Å². The first-order chi connectivity index (χ1) is 8.27. The summed E-state index contributed by atoms with van der Waals surface area (Å²) >= 11 is 0. The van der Waals surface area contributed by atoms with Crippen molar-refractivity contribution in [3.05, 3.63) is 47.3 Å². The SMILES string of the molecule is CCCc1c(CO)c(C)nn1-c1ccccc1. The van der Waals surface area contributed by atoms with E-state index in [1.165, 1.54) is 0 Å². The molecule has 1 aromatic heterocycles. The normalized spacial score (nSPS) is 10.8. The number of para-hydroxylation sites is 1. The Labute approximate surface area is 102 Å². The van der Waals surface area contributed by atoms with Crippen LogP contribution in [0.25, 0.3) is 5.69 Å². The van der Waals surface area contributed by atoms with Crippen LogP contribution in [0.3, 0.4) is 0 Å². The van der Waals surface area contributed by atoms with Crippen LogP contribution in [0.4, 0.5) is 0 Å². The molecule has 1 N–H and O–H groups in total. The molecule has 17 heavy (non-hydrogen) atoms. The molecule has 0 amide bonds. The van der Waals surface area contributed by atoms with Crippen molar-refractivity contribution in [2.75, 3.05) is 0 Å². The number of aromatic nitrogens is 2. The number of aliphatic hydroxyl groups is 1. The summed E-state index contributed by atoms with van der Waals surface area (Å²) in [6.45, 7) is 4.15. The van der Waals surface area contributed by atoms with E-state index in [1.807, 2.05) is 41.9 Å². The van der Waals surface area contributed by atoms with E-state index in [0.29, 0.717) is 0 Å². The molecule has 2 aromatic rings. The molecule has 0 aliphatic heterocycles. The second kappa shape index (κ2) is 5.15. The van der Waals surface area contributed by atoms with Crippen LogP contribution >= 0.6 is 0 Å². The van der Waals surface area contributed by atoms with Crippen molar-refractivity contribution in [1.82, 2.24) is 9.78 Å². The third-order valence-corrected chi connectivity index (χ3v) is 2.94. The van der Waals surface area contributed by atoms with Gasteiger partial charge in [-0.15, -0.1) is 0 Å². The van der Waals surface area contributed by atoms with E-state index in [4.69, 9.17) is 0 Å². The number of aliphatic hydroxyl groups excluding tert-OH is 1. The van der Waals surface area contributed by atoms with Crippen LogP contribution in [0, 0.1) is 6.92 Å². The van der Waals surface area contributed by atoms with Crippen LogP contribution in [0.5, 0.6) is 0 Å². The van der Waals surface area contributed by atoms with Gasteiger partial charge in [0.2, 0.25) is 0 Å². The van der Waals surface area contributed by atoms with Gasteiger partial charge in [-0.2, -0.15) is 5.10 Å². The van der Waals surface area contributed by atoms with Crippen molar-refractivity contribution in [2.24, 2.45) is 0 Å². The lowest BCUT2D eigenvalue weighted by atomic mass is 10.1. The largest absolute Gasteiger partial charge is 0.392 e. The van der Waals surface area contributed by atoms with Gasteiger partial charge in [-0.05, 0) is 25.5 Å². The van der Waals surface area contributed by atoms with E-state index in [9.17, 15) is 5.11 Å². The number of aryl methyl sites for hydroxylation is 1. The van der Waals surface area contributed by atoms with Gasteiger partial charge in [0.25, 0.3) is 0 Å². The standard InChI is InChI=1S/C14H18N2O/c1-3-7-14-13(10-17)11(2)15-16(14)12-8-5-4-6-9-12/h4-6,8-9,17H,3,7,10H2,1-2H3. The Balaban J connectivity index is 2.54. The molecule has 0 aliphatic rings. The number of benzene rings is 1. The summed E-state index contributed by atoms with van der Waals surface area (Å²) in [4.78, 5) is 0. The average Bonchev–Trinajstić information content (AvgIpc) is 2.67. The second-order valence-electron chi connectivity index (χ2n) is 4.17. The van der Waals surface area contributed by atoms with Gasteiger partial charge in [0.05, 0.1) is 23.7 Å². The summed E-state index contributed by atoms with van der Waals surface area (Å²) in [5.74, 6) is 0. The lowest BCUT2D eigenvalue weighted by Crippen LogP contribution is -2.03. The smallest absolute Gasteiger partial charge is 0.0718 e. The fraction of sp³-hybridized carbons (Fsp3) is 0.357. The highest BCUT2D eigenvalue weighted by Crippen LogP contribution is 2.20. The van der Waals surface area contributed by atoms with Crippen LogP contribution < -0.4 is 0 Å². The Kier molecular flexibility index (Phi) is 3.59. The lowest BCUT2D eigenvalue weighted by Gasteiger charge is -2.07. The van der Waals surface area contributed by atoms with Gasteiger partial charge in [-0.3, -0.25) is 0 Å². The predicted molar refractivity (Wildman–Crippen MR) is 68.2 cm³/mol. The first kappa shape index (κ1) is 11.9. The molecule has 1 heterocycles. The summed E-state index contributed by atoms with van der Waals surface area (Å²) in [5.41, 5.74) is 4.06. The minimum Gasteiger partial charge on any atom is -0.392 e. The molecule has 0 fully saturated rings. The molecule has 1 aromatic carbocycles. The molecule has 0 saturated carbocycles. The fourth-order valence-corrected chi connectivity index (χ4v) is 2.09. The molecular weight excluding hydrogens is 212 g/mol. The molecule has 0 spiro atoms. The Morgan fingerprint density at radius 3 is 2.53 bits per heavy atom. The summed E-state index contributed by atoms with van der Waals surface area (Å²) in [5, 5.41) is 14.0. The third-order valence-electron chi connectivity index (χ3n) is 2.94. The van der Waals surface area contributed by atoms with Crippen molar-refractivity contribution < 1.29 is 5.11 Å². The summed E-state index contributed by atoms with van der Waals surface area (Å²) in [6.07, 6.45) is 1.98. The average molecular weight is 230 g/mol. The predicted octanol–water partition coefficient (Wildman–Crippen LogP) is 2.63. The second-order valence-corrected chi connectivity index (χ2v) is 4.17. The van der Waals surface area contributed by atoms with E-state index in [0.717, 1.165) is 35.5 Å². The Hall–Kier alpha value is -1.61. The van der Waals surface area contributed by atoms with E-state index < -0.39 is 0 Å². The molecule has 3 nitrogen and oxygen atoms in total. The van der Waals surface area contributed by atoms with E-state index >= 15 is 0 Å². The lowest BCUT2D eigenvalue weighted by molar-refractivity contribution is 0.279. The zero-order valence-electron chi connectivity index (χ0n) is 10.3. The summed E-state index contributed by atoms with van der Waals surface area (Å²) < 4.78 is 1.95. The van der Waals surface area contributed by atoms with Crippen LogP contribution in [0.2, 0.25) is 0 Å². The molecular formula is C14H18N2O. The minimum absolute atomic E-state index is 0.0635. The first-order valence-electron chi connectivity index (χ1n) is 6.01. The minimum atomic E-state index is 0.0635. The maximum absolute atomic E-state index is 9.43. The molecule has 90 valence electrons. The third kappa shape index (κ3) is 2.24. The molecule has 0 radical (unpaired) electrons. The Morgan fingerprint density at radius 1 is 1.24 bits per heavy atom.